The zero-order valence-electron chi connectivity index (χ0n) is 6.14. The molecule has 1 saturated heterocycles. The van der Waals surface area contributed by atoms with Gasteiger partial charge >= 0.3 is 0 Å². The lowest BCUT2D eigenvalue weighted by molar-refractivity contribution is -0.132. The summed E-state index contributed by atoms with van der Waals surface area (Å²) in [5.41, 5.74) is -0.542. The van der Waals surface area contributed by atoms with Gasteiger partial charge in [0.25, 0.3) is 0 Å². The molecule has 1 atom stereocenters. The van der Waals surface area contributed by atoms with Crippen molar-refractivity contribution >= 4 is 5.91 Å². The van der Waals surface area contributed by atoms with Gasteiger partial charge < -0.3 is 10.4 Å². The monoisotopic (exact) mass is 144 g/mol. The Morgan fingerprint density at radius 1 is 1.70 bits per heavy atom. The van der Waals surface area contributed by atoms with Gasteiger partial charge in [0, 0.05) is 6.54 Å². The molecule has 0 saturated carbocycles. The molecule has 10 heavy (non-hydrogen) atoms. The van der Waals surface area contributed by atoms with Crippen molar-refractivity contribution in [1.82, 2.24) is 10.6 Å². The van der Waals surface area contributed by atoms with Crippen LogP contribution in [-0.4, -0.2) is 29.3 Å². The highest BCUT2D eigenvalue weighted by Crippen LogP contribution is 2.05. The van der Waals surface area contributed by atoms with Crippen molar-refractivity contribution in [1.29, 1.82) is 0 Å². The fraction of sp³-hybridized carbons (Fsp3) is 0.833. The van der Waals surface area contributed by atoms with E-state index in [4.69, 9.17) is 5.11 Å². The van der Waals surface area contributed by atoms with Crippen LogP contribution in [0.4, 0.5) is 0 Å². The van der Waals surface area contributed by atoms with Gasteiger partial charge in [-0.2, -0.15) is 0 Å². The number of aliphatic hydroxyl groups is 1. The Hall–Kier alpha value is -0.610. The minimum Gasteiger partial charge on any atom is -0.372 e. The highest BCUT2D eigenvalue weighted by atomic mass is 16.3. The molecular formula is C6H12N2O2. The Morgan fingerprint density at radius 3 is 2.70 bits per heavy atom. The number of carbonyl (C=O) groups is 1. The molecule has 1 amide bonds. The van der Waals surface area contributed by atoms with Crippen molar-refractivity contribution in [2.75, 3.05) is 6.54 Å². The number of rotatable bonds is 0. The van der Waals surface area contributed by atoms with Gasteiger partial charge in [-0.1, -0.05) is 0 Å². The van der Waals surface area contributed by atoms with Crippen molar-refractivity contribution < 1.29 is 9.90 Å². The number of nitrogens with one attached hydrogen (secondary N) is 2. The van der Waals surface area contributed by atoms with Gasteiger partial charge in [-0.15, -0.1) is 0 Å². The molecule has 1 aliphatic heterocycles. The molecule has 1 aliphatic rings. The molecule has 1 rings (SSSR count). The van der Waals surface area contributed by atoms with Crippen molar-refractivity contribution in [2.45, 2.75) is 25.6 Å². The van der Waals surface area contributed by atoms with E-state index in [9.17, 15) is 4.79 Å². The van der Waals surface area contributed by atoms with Crippen molar-refractivity contribution in [3.8, 4) is 0 Å². The molecule has 4 heteroatoms. The van der Waals surface area contributed by atoms with Gasteiger partial charge in [-0.3, -0.25) is 10.1 Å². The lowest BCUT2D eigenvalue weighted by Crippen LogP contribution is -2.63. The quantitative estimate of drug-likeness (QED) is 0.400. The van der Waals surface area contributed by atoms with Crippen LogP contribution < -0.4 is 10.6 Å². The van der Waals surface area contributed by atoms with E-state index in [-0.39, 0.29) is 5.91 Å². The number of β-amino-alcohol motifs (C(OH)–C–C–N with tert-alkyl or cyclic N) is 1. The van der Waals surface area contributed by atoms with E-state index < -0.39 is 11.8 Å². The fourth-order valence-electron chi connectivity index (χ4n) is 0.815. The van der Waals surface area contributed by atoms with Crippen LogP contribution in [0.5, 0.6) is 0 Å². The van der Waals surface area contributed by atoms with E-state index in [1.165, 1.54) is 0 Å². The standard InChI is InChI=1S/C6H12N2O2/c1-6(2)5(10)8-4(9)3-7-6/h4,7,9H,3H2,1-2H3,(H,8,10). The molecule has 0 spiro atoms. The Balaban J connectivity index is 2.61. The lowest BCUT2D eigenvalue weighted by Gasteiger charge is -2.32. The van der Waals surface area contributed by atoms with Gasteiger partial charge in [-0.25, -0.2) is 0 Å². The third kappa shape index (κ3) is 1.27. The highest BCUT2D eigenvalue weighted by molar-refractivity contribution is 5.86. The van der Waals surface area contributed by atoms with Crippen molar-refractivity contribution in [3.63, 3.8) is 0 Å². The number of hydrogen-bond donors (Lipinski definition) is 3. The summed E-state index contributed by atoms with van der Waals surface area (Å²) in [4.78, 5) is 11.0. The molecule has 4 nitrogen and oxygen atoms in total. The maximum absolute atomic E-state index is 11.0. The summed E-state index contributed by atoms with van der Waals surface area (Å²) in [6.07, 6.45) is -0.736. The molecule has 0 bridgehead atoms. The molecule has 0 aromatic rings. The van der Waals surface area contributed by atoms with Crippen LogP contribution in [0.1, 0.15) is 13.8 Å². The Morgan fingerprint density at radius 2 is 2.30 bits per heavy atom. The summed E-state index contributed by atoms with van der Waals surface area (Å²) < 4.78 is 0. The number of carbonyl (C=O) groups excluding carboxylic acids is 1. The van der Waals surface area contributed by atoms with Gasteiger partial charge in [0.15, 0.2) is 0 Å². The molecule has 58 valence electrons. The topological polar surface area (TPSA) is 61.4 Å². The average Bonchev–Trinajstić information content (AvgIpc) is 1.81. The summed E-state index contributed by atoms with van der Waals surface area (Å²) >= 11 is 0. The van der Waals surface area contributed by atoms with Crippen LogP contribution in [0.3, 0.4) is 0 Å². The van der Waals surface area contributed by atoms with Crippen LogP contribution in [-0.2, 0) is 4.79 Å². The van der Waals surface area contributed by atoms with E-state index in [1.54, 1.807) is 13.8 Å². The molecule has 1 fully saturated rings. The van der Waals surface area contributed by atoms with Gasteiger partial charge in [-0.05, 0) is 13.8 Å². The third-order valence-electron chi connectivity index (χ3n) is 1.60. The van der Waals surface area contributed by atoms with Crippen LogP contribution in [0.15, 0.2) is 0 Å². The van der Waals surface area contributed by atoms with E-state index in [1.807, 2.05) is 0 Å². The first-order valence-electron chi connectivity index (χ1n) is 3.26. The van der Waals surface area contributed by atoms with E-state index in [0.717, 1.165) is 0 Å². The SMILES string of the molecule is CC1(C)NCC(O)NC1=O. The Bertz CT molecular complexity index is 156. The smallest absolute Gasteiger partial charge is 0.241 e. The largest absolute Gasteiger partial charge is 0.372 e. The summed E-state index contributed by atoms with van der Waals surface area (Å²) in [6.45, 7) is 3.96. The number of aliphatic hydroxyl groups excluding tert-OH is 1. The molecule has 3 N–H and O–H groups in total. The molecule has 0 aliphatic carbocycles. The summed E-state index contributed by atoms with van der Waals surface area (Å²) in [7, 11) is 0. The Labute approximate surface area is 59.6 Å². The van der Waals surface area contributed by atoms with Crippen molar-refractivity contribution in [2.24, 2.45) is 0 Å². The zero-order valence-corrected chi connectivity index (χ0v) is 6.14. The van der Waals surface area contributed by atoms with E-state index in [2.05, 4.69) is 10.6 Å². The minimum absolute atomic E-state index is 0.161. The normalized spacial score (nSPS) is 31.5. The highest BCUT2D eigenvalue weighted by Gasteiger charge is 2.32. The maximum Gasteiger partial charge on any atom is 0.241 e. The predicted molar refractivity (Wildman–Crippen MR) is 36.2 cm³/mol. The average molecular weight is 144 g/mol. The second-order valence-corrected chi connectivity index (χ2v) is 3.00. The van der Waals surface area contributed by atoms with Gasteiger partial charge in [0.05, 0.1) is 5.54 Å². The molecule has 1 heterocycles. The first-order valence-corrected chi connectivity index (χ1v) is 3.26. The van der Waals surface area contributed by atoms with Crippen LogP contribution in [0.2, 0.25) is 0 Å². The zero-order chi connectivity index (χ0) is 7.78. The summed E-state index contributed by atoms with van der Waals surface area (Å²) in [5.74, 6) is -0.161. The second-order valence-electron chi connectivity index (χ2n) is 3.00. The van der Waals surface area contributed by atoms with Gasteiger partial charge in [0.2, 0.25) is 5.91 Å². The first-order chi connectivity index (χ1) is 4.52. The van der Waals surface area contributed by atoms with Crippen LogP contribution >= 0.6 is 0 Å². The predicted octanol–water partition coefficient (Wildman–Crippen LogP) is -1.20. The number of hydrogen-bond acceptors (Lipinski definition) is 3. The van der Waals surface area contributed by atoms with Gasteiger partial charge in [0.1, 0.15) is 6.23 Å². The first kappa shape index (κ1) is 7.50. The van der Waals surface area contributed by atoms with Crippen LogP contribution in [0, 0.1) is 0 Å². The molecule has 1 unspecified atom stereocenters. The number of piperazine rings is 1. The molecular weight excluding hydrogens is 132 g/mol. The van der Waals surface area contributed by atoms with E-state index >= 15 is 0 Å². The van der Waals surface area contributed by atoms with Crippen LogP contribution in [0.25, 0.3) is 0 Å². The minimum atomic E-state index is -0.736. The molecule has 0 aromatic carbocycles. The molecule has 0 radical (unpaired) electrons. The fourth-order valence-corrected chi connectivity index (χ4v) is 0.815. The van der Waals surface area contributed by atoms with Crippen molar-refractivity contribution in [3.05, 3.63) is 0 Å². The lowest BCUT2D eigenvalue weighted by atomic mass is 10.0. The molecule has 0 aromatic heterocycles. The Kier molecular flexibility index (Phi) is 1.66. The van der Waals surface area contributed by atoms with E-state index in [0.29, 0.717) is 6.54 Å². The maximum atomic E-state index is 11.0. The number of amides is 1. The summed E-state index contributed by atoms with van der Waals surface area (Å²) in [6, 6.07) is 0. The second kappa shape index (κ2) is 2.21. The third-order valence-corrected chi connectivity index (χ3v) is 1.60. The summed E-state index contributed by atoms with van der Waals surface area (Å²) in [5, 5.41) is 14.2.